The molecule has 0 bridgehead atoms. The Morgan fingerprint density at radius 3 is 2.74 bits per heavy atom. The summed E-state index contributed by atoms with van der Waals surface area (Å²) in [5, 5.41) is 0. The van der Waals surface area contributed by atoms with E-state index in [0.717, 1.165) is 18.8 Å². The quantitative estimate of drug-likeness (QED) is 0.832. The summed E-state index contributed by atoms with van der Waals surface area (Å²) >= 11 is 4.53. The first kappa shape index (κ1) is 14.9. The number of benzene rings is 1. The Hall–Kier alpha value is -0.510. The van der Waals surface area contributed by atoms with Crippen LogP contribution in [0.25, 0.3) is 0 Å². The van der Waals surface area contributed by atoms with Crippen LogP contribution in [0.2, 0.25) is 0 Å². The third kappa shape index (κ3) is 3.98. The SMILES string of the molecule is COC1CN(CC(CS)c2ccccc2)CCC1C. The van der Waals surface area contributed by atoms with Gasteiger partial charge in [0.1, 0.15) is 0 Å². The molecule has 1 aromatic rings. The van der Waals surface area contributed by atoms with Gasteiger partial charge in [0.2, 0.25) is 0 Å². The van der Waals surface area contributed by atoms with Crippen molar-refractivity contribution in [3.8, 4) is 0 Å². The van der Waals surface area contributed by atoms with E-state index in [1.54, 1.807) is 0 Å². The van der Waals surface area contributed by atoms with Gasteiger partial charge in [-0.15, -0.1) is 0 Å². The molecule has 1 aromatic carbocycles. The predicted octanol–water partition coefficient (Wildman–Crippen LogP) is 3.06. The maximum atomic E-state index is 5.59. The number of likely N-dealkylation sites (tertiary alicyclic amines) is 1. The molecule has 0 saturated carbocycles. The molecule has 3 atom stereocenters. The number of thiol groups is 1. The number of methoxy groups -OCH3 is 1. The molecule has 0 radical (unpaired) electrons. The predicted molar refractivity (Wildman–Crippen MR) is 84.1 cm³/mol. The molecule has 19 heavy (non-hydrogen) atoms. The summed E-state index contributed by atoms with van der Waals surface area (Å²) < 4.78 is 5.59. The molecular weight excluding hydrogens is 254 g/mol. The molecule has 0 amide bonds. The monoisotopic (exact) mass is 279 g/mol. The van der Waals surface area contributed by atoms with Crippen LogP contribution in [0.1, 0.15) is 24.8 Å². The van der Waals surface area contributed by atoms with Gasteiger partial charge in [-0.1, -0.05) is 37.3 Å². The highest BCUT2D eigenvalue weighted by Gasteiger charge is 2.27. The summed E-state index contributed by atoms with van der Waals surface area (Å²) in [7, 11) is 1.83. The molecule has 3 unspecified atom stereocenters. The Morgan fingerprint density at radius 1 is 1.37 bits per heavy atom. The van der Waals surface area contributed by atoms with Crippen molar-refractivity contribution in [1.82, 2.24) is 4.90 Å². The molecular formula is C16H25NOS. The first-order valence-corrected chi connectivity index (χ1v) is 7.78. The van der Waals surface area contributed by atoms with Gasteiger partial charge in [-0.25, -0.2) is 0 Å². The molecule has 1 heterocycles. The van der Waals surface area contributed by atoms with E-state index in [0.29, 0.717) is 17.9 Å². The van der Waals surface area contributed by atoms with Crippen LogP contribution in [0, 0.1) is 5.92 Å². The Balaban J connectivity index is 1.96. The van der Waals surface area contributed by atoms with Gasteiger partial charge >= 0.3 is 0 Å². The topological polar surface area (TPSA) is 12.5 Å². The summed E-state index contributed by atoms with van der Waals surface area (Å²) in [6.45, 7) is 5.60. The van der Waals surface area contributed by atoms with Crippen LogP contribution in [0.15, 0.2) is 30.3 Å². The van der Waals surface area contributed by atoms with Crippen LogP contribution >= 0.6 is 12.6 Å². The van der Waals surface area contributed by atoms with Crippen LogP contribution in [-0.4, -0.2) is 43.5 Å². The molecule has 1 aliphatic rings. The summed E-state index contributed by atoms with van der Waals surface area (Å²) in [6.07, 6.45) is 1.61. The molecule has 0 N–H and O–H groups in total. The molecule has 1 fully saturated rings. The van der Waals surface area contributed by atoms with Gasteiger partial charge in [-0.2, -0.15) is 12.6 Å². The minimum atomic E-state index is 0.380. The van der Waals surface area contributed by atoms with E-state index in [1.807, 2.05) is 7.11 Å². The number of rotatable bonds is 5. The van der Waals surface area contributed by atoms with Crippen LogP contribution in [0.5, 0.6) is 0 Å². The van der Waals surface area contributed by atoms with Crippen molar-refractivity contribution in [3.63, 3.8) is 0 Å². The van der Waals surface area contributed by atoms with Crippen molar-refractivity contribution in [2.24, 2.45) is 5.92 Å². The number of piperidine rings is 1. The van der Waals surface area contributed by atoms with E-state index < -0.39 is 0 Å². The van der Waals surface area contributed by atoms with Gasteiger partial charge in [-0.05, 0) is 30.2 Å². The fourth-order valence-electron chi connectivity index (χ4n) is 2.88. The summed E-state index contributed by atoms with van der Waals surface area (Å²) in [5.74, 6) is 2.08. The normalized spacial score (nSPS) is 26.3. The van der Waals surface area contributed by atoms with Gasteiger partial charge in [-0.3, -0.25) is 0 Å². The van der Waals surface area contributed by atoms with E-state index in [1.165, 1.54) is 18.5 Å². The Labute approximate surface area is 122 Å². The van der Waals surface area contributed by atoms with Crippen LogP contribution in [-0.2, 0) is 4.74 Å². The zero-order valence-corrected chi connectivity index (χ0v) is 12.9. The molecule has 0 aromatic heterocycles. The van der Waals surface area contributed by atoms with Crippen LogP contribution in [0.3, 0.4) is 0 Å². The van der Waals surface area contributed by atoms with Crippen molar-refractivity contribution >= 4 is 12.6 Å². The highest BCUT2D eigenvalue weighted by atomic mass is 32.1. The average Bonchev–Trinajstić information content (AvgIpc) is 2.47. The van der Waals surface area contributed by atoms with E-state index >= 15 is 0 Å². The van der Waals surface area contributed by atoms with Crippen molar-refractivity contribution in [1.29, 1.82) is 0 Å². The second-order valence-corrected chi connectivity index (χ2v) is 5.96. The smallest absolute Gasteiger partial charge is 0.0724 e. The minimum absolute atomic E-state index is 0.380. The van der Waals surface area contributed by atoms with E-state index in [9.17, 15) is 0 Å². The zero-order valence-electron chi connectivity index (χ0n) is 12.0. The van der Waals surface area contributed by atoms with Gasteiger partial charge in [0, 0.05) is 26.1 Å². The van der Waals surface area contributed by atoms with Crippen molar-refractivity contribution in [3.05, 3.63) is 35.9 Å². The molecule has 0 spiro atoms. The van der Waals surface area contributed by atoms with Crippen molar-refractivity contribution < 1.29 is 4.74 Å². The summed E-state index contributed by atoms with van der Waals surface area (Å²) in [5.41, 5.74) is 1.39. The fourth-order valence-corrected chi connectivity index (χ4v) is 3.20. The van der Waals surface area contributed by atoms with Gasteiger partial charge < -0.3 is 9.64 Å². The number of hydrogen-bond acceptors (Lipinski definition) is 3. The average molecular weight is 279 g/mol. The molecule has 106 valence electrons. The standard InChI is InChI=1S/C16H25NOS/c1-13-8-9-17(11-16(13)18-2)10-15(12-19)14-6-4-3-5-7-14/h3-7,13,15-16,19H,8-12H2,1-2H3. The van der Waals surface area contributed by atoms with E-state index in [2.05, 4.69) is 54.8 Å². The maximum Gasteiger partial charge on any atom is 0.0724 e. The second kappa shape index (κ2) is 7.32. The lowest BCUT2D eigenvalue weighted by atomic mass is 9.93. The number of ether oxygens (including phenoxy) is 1. The Morgan fingerprint density at radius 2 is 2.11 bits per heavy atom. The minimum Gasteiger partial charge on any atom is -0.380 e. The third-order valence-corrected chi connectivity index (χ3v) is 4.69. The van der Waals surface area contributed by atoms with E-state index in [4.69, 9.17) is 4.74 Å². The number of hydrogen-bond donors (Lipinski definition) is 1. The largest absolute Gasteiger partial charge is 0.380 e. The Kier molecular flexibility index (Phi) is 5.74. The van der Waals surface area contributed by atoms with Crippen molar-refractivity contribution in [2.75, 3.05) is 32.5 Å². The maximum absolute atomic E-state index is 5.59. The highest BCUT2D eigenvalue weighted by molar-refractivity contribution is 7.80. The summed E-state index contributed by atoms with van der Waals surface area (Å²) in [4.78, 5) is 2.53. The van der Waals surface area contributed by atoms with Gasteiger partial charge in [0.05, 0.1) is 6.10 Å². The molecule has 3 heteroatoms. The fraction of sp³-hybridized carbons (Fsp3) is 0.625. The lowest BCUT2D eigenvalue weighted by Crippen LogP contribution is -2.45. The first-order valence-electron chi connectivity index (χ1n) is 7.15. The zero-order chi connectivity index (χ0) is 13.7. The van der Waals surface area contributed by atoms with Gasteiger partial charge in [0.15, 0.2) is 0 Å². The lowest BCUT2D eigenvalue weighted by molar-refractivity contribution is -0.00602. The molecule has 2 rings (SSSR count). The molecule has 2 nitrogen and oxygen atoms in total. The molecule has 1 aliphatic heterocycles. The van der Waals surface area contributed by atoms with Crippen molar-refractivity contribution in [2.45, 2.75) is 25.4 Å². The second-order valence-electron chi connectivity index (χ2n) is 5.59. The molecule has 0 aliphatic carbocycles. The first-order chi connectivity index (χ1) is 9.24. The van der Waals surface area contributed by atoms with Gasteiger partial charge in [0.25, 0.3) is 0 Å². The lowest BCUT2D eigenvalue weighted by Gasteiger charge is -2.37. The van der Waals surface area contributed by atoms with Crippen LogP contribution < -0.4 is 0 Å². The van der Waals surface area contributed by atoms with E-state index in [-0.39, 0.29) is 0 Å². The third-order valence-electron chi connectivity index (χ3n) is 4.25. The summed E-state index contributed by atoms with van der Waals surface area (Å²) in [6, 6.07) is 10.7. The number of nitrogens with zero attached hydrogens (tertiary/aromatic N) is 1. The highest BCUT2D eigenvalue weighted by Crippen LogP contribution is 2.24. The van der Waals surface area contributed by atoms with Crippen LogP contribution in [0.4, 0.5) is 0 Å². The molecule has 1 saturated heterocycles. The Bertz CT molecular complexity index is 370.